The summed E-state index contributed by atoms with van der Waals surface area (Å²) in [5, 5.41) is 8.46. The predicted octanol–water partition coefficient (Wildman–Crippen LogP) is -0.0640. The molecule has 1 aromatic rings. The molecule has 114 valence electrons. The Bertz CT molecular complexity index is 566. The van der Waals surface area contributed by atoms with E-state index in [1.54, 1.807) is 0 Å². The van der Waals surface area contributed by atoms with Crippen molar-refractivity contribution in [2.24, 2.45) is 0 Å². The molecular weight excluding hydrogens is 278 g/mol. The summed E-state index contributed by atoms with van der Waals surface area (Å²) in [6.07, 6.45) is 1.87. The Balaban J connectivity index is 2.15. The van der Waals surface area contributed by atoms with Crippen molar-refractivity contribution < 1.29 is 8.42 Å². The van der Waals surface area contributed by atoms with Crippen molar-refractivity contribution in [1.82, 2.24) is 24.0 Å². The maximum absolute atomic E-state index is 11.6. The standard InChI is InChI=1S/C12H23N5O2S/c1-10(2)15(3)9-12-14-13-11-5-6-16(20(4,18)19)7-8-17(11)12/h10H,5-9H2,1-4H3. The molecule has 0 spiro atoms. The molecule has 0 radical (unpaired) electrons. The van der Waals surface area contributed by atoms with E-state index in [1.165, 1.54) is 10.6 Å². The zero-order valence-electron chi connectivity index (χ0n) is 12.6. The zero-order chi connectivity index (χ0) is 14.9. The Morgan fingerprint density at radius 2 is 1.95 bits per heavy atom. The molecule has 2 rings (SSSR count). The van der Waals surface area contributed by atoms with Crippen molar-refractivity contribution in [3.8, 4) is 0 Å². The smallest absolute Gasteiger partial charge is 0.211 e. The lowest BCUT2D eigenvalue weighted by molar-refractivity contribution is 0.254. The summed E-state index contributed by atoms with van der Waals surface area (Å²) >= 11 is 0. The summed E-state index contributed by atoms with van der Waals surface area (Å²) in [5.74, 6) is 1.79. The van der Waals surface area contributed by atoms with Gasteiger partial charge in [-0.05, 0) is 20.9 Å². The number of hydrogen-bond acceptors (Lipinski definition) is 5. The van der Waals surface area contributed by atoms with Crippen LogP contribution in [-0.4, -0.2) is 64.8 Å². The topological polar surface area (TPSA) is 71.3 Å². The molecular formula is C12H23N5O2S. The molecule has 8 heteroatoms. The van der Waals surface area contributed by atoms with Gasteiger partial charge in [0.05, 0.1) is 12.8 Å². The van der Waals surface area contributed by atoms with Gasteiger partial charge in [-0.15, -0.1) is 10.2 Å². The molecule has 0 aliphatic carbocycles. The first-order valence-corrected chi connectivity index (χ1v) is 8.70. The number of nitrogens with zero attached hydrogens (tertiary/aromatic N) is 5. The predicted molar refractivity (Wildman–Crippen MR) is 76.7 cm³/mol. The highest BCUT2D eigenvalue weighted by Crippen LogP contribution is 2.13. The average molecular weight is 301 g/mol. The minimum atomic E-state index is -3.13. The first-order chi connectivity index (χ1) is 9.29. The molecule has 0 saturated carbocycles. The highest BCUT2D eigenvalue weighted by molar-refractivity contribution is 7.88. The fourth-order valence-corrected chi connectivity index (χ4v) is 3.05. The highest BCUT2D eigenvalue weighted by Gasteiger charge is 2.24. The van der Waals surface area contributed by atoms with E-state index in [-0.39, 0.29) is 0 Å². The Hall–Kier alpha value is -0.990. The first kappa shape index (κ1) is 15.4. The van der Waals surface area contributed by atoms with E-state index in [9.17, 15) is 8.42 Å². The molecule has 20 heavy (non-hydrogen) atoms. The number of fused-ring (bicyclic) bond motifs is 1. The largest absolute Gasteiger partial charge is 0.313 e. The number of aromatic nitrogens is 3. The van der Waals surface area contributed by atoms with E-state index in [0.29, 0.717) is 32.1 Å². The van der Waals surface area contributed by atoms with E-state index in [0.717, 1.165) is 18.2 Å². The second-order valence-electron chi connectivity index (χ2n) is 5.60. The molecule has 0 fully saturated rings. The van der Waals surface area contributed by atoms with E-state index in [4.69, 9.17) is 0 Å². The summed E-state index contributed by atoms with van der Waals surface area (Å²) in [6.45, 7) is 6.58. The van der Waals surface area contributed by atoms with Crippen molar-refractivity contribution in [1.29, 1.82) is 0 Å². The Morgan fingerprint density at radius 1 is 1.25 bits per heavy atom. The van der Waals surface area contributed by atoms with Gasteiger partial charge in [0.1, 0.15) is 11.6 Å². The van der Waals surface area contributed by atoms with Crippen LogP contribution >= 0.6 is 0 Å². The van der Waals surface area contributed by atoms with E-state index in [2.05, 4.69) is 33.5 Å². The third-order valence-electron chi connectivity index (χ3n) is 3.80. The summed E-state index contributed by atoms with van der Waals surface area (Å²) < 4.78 is 26.8. The summed E-state index contributed by atoms with van der Waals surface area (Å²) in [6, 6.07) is 0.432. The van der Waals surface area contributed by atoms with Crippen LogP contribution in [0, 0.1) is 0 Å². The molecule has 0 unspecified atom stereocenters. The molecule has 2 heterocycles. The molecule has 0 aromatic carbocycles. The monoisotopic (exact) mass is 301 g/mol. The first-order valence-electron chi connectivity index (χ1n) is 6.85. The van der Waals surface area contributed by atoms with Crippen LogP contribution in [0.5, 0.6) is 0 Å². The second-order valence-corrected chi connectivity index (χ2v) is 7.59. The molecule has 1 aromatic heterocycles. The van der Waals surface area contributed by atoms with Gasteiger partial charge in [0.25, 0.3) is 0 Å². The Kier molecular flexibility index (Phi) is 4.46. The van der Waals surface area contributed by atoms with Gasteiger partial charge in [0.15, 0.2) is 0 Å². The SMILES string of the molecule is CC(C)N(C)Cc1nnc2n1CCN(S(C)(=O)=O)CC2. The normalized spacial score (nSPS) is 17.5. The van der Waals surface area contributed by atoms with Gasteiger partial charge in [-0.3, -0.25) is 4.90 Å². The van der Waals surface area contributed by atoms with Crippen molar-refractivity contribution in [2.75, 3.05) is 26.4 Å². The molecule has 7 nitrogen and oxygen atoms in total. The lowest BCUT2D eigenvalue weighted by Crippen LogP contribution is -2.33. The van der Waals surface area contributed by atoms with E-state index >= 15 is 0 Å². The van der Waals surface area contributed by atoms with Crippen molar-refractivity contribution in [2.45, 2.75) is 39.4 Å². The van der Waals surface area contributed by atoms with Crippen LogP contribution in [0.2, 0.25) is 0 Å². The quantitative estimate of drug-likeness (QED) is 0.779. The minimum absolute atomic E-state index is 0.432. The maximum Gasteiger partial charge on any atom is 0.211 e. The fourth-order valence-electron chi connectivity index (χ4n) is 2.22. The van der Waals surface area contributed by atoms with Crippen LogP contribution in [0.4, 0.5) is 0 Å². The van der Waals surface area contributed by atoms with Gasteiger partial charge in [-0.2, -0.15) is 4.31 Å². The van der Waals surface area contributed by atoms with Gasteiger partial charge in [-0.1, -0.05) is 0 Å². The highest BCUT2D eigenvalue weighted by atomic mass is 32.2. The number of hydrogen-bond donors (Lipinski definition) is 0. The van der Waals surface area contributed by atoms with E-state index in [1.807, 2.05) is 7.05 Å². The van der Waals surface area contributed by atoms with Crippen LogP contribution in [0.1, 0.15) is 25.5 Å². The van der Waals surface area contributed by atoms with Crippen LogP contribution in [-0.2, 0) is 29.5 Å². The Morgan fingerprint density at radius 3 is 2.55 bits per heavy atom. The van der Waals surface area contributed by atoms with Crippen molar-refractivity contribution in [3.63, 3.8) is 0 Å². The summed E-state index contributed by atoms with van der Waals surface area (Å²) in [4.78, 5) is 2.19. The van der Waals surface area contributed by atoms with Crippen molar-refractivity contribution in [3.05, 3.63) is 11.6 Å². The molecule has 0 saturated heterocycles. The van der Waals surface area contributed by atoms with Crippen LogP contribution in [0.15, 0.2) is 0 Å². The summed E-state index contributed by atoms with van der Waals surface area (Å²) in [5.41, 5.74) is 0. The van der Waals surface area contributed by atoms with Gasteiger partial charge in [-0.25, -0.2) is 8.42 Å². The Labute approximate surface area is 120 Å². The van der Waals surface area contributed by atoms with E-state index < -0.39 is 10.0 Å². The molecule has 0 bridgehead atoms. The van der Waals surface area contributed by atoms with Crippen LogP contribution in [0.25, 0.3) is 0 Å². The zero-order valence-corrected chi connectivity index (χ0v) is 13.4. The maximum atomic E-state index is 11.6. The lowest BCUT2D eigenvalue weighted by atomic mass is 10.3. The molecule has 1 aliphatic rings. The molecule has 0 amide bonds. The summed E-state index contributed by atoms with van der Waals surface area (Å²) in [7, 11) is -1.09. The molecule has 1 aliphatic heterocycles. The second kappa shape index (κ2) is 5.79. The average Bonchev–Trinajstić information content (AvgIpc) is 2.58. The fraction of sp³-hybridized carbons (Fsp3) is 0.833. The third-order valence-corrected chi connectivity index (χ3v) is 5.11. The minimum Gasteiger partial charge on any atom is -0.313 e. The van der Waals surface area contributed by atoms with Gasteiger partial charge >= 0.3 is 0 Å². The van der Waals surface area contributed by atoms with Crippen LogP contribution < -0.4 is 0 Å². The third kappa shape index (κ3) is 3.36. The number of sulfonamides is 1. The molecule has 0 N–H and O–H groups in total. The van der Waals surface area contributed by atoms with Crippen LogP contribution in [0.3, 0.4) is 0 Å². The van der Waals surface area contributed by atoms with Gasteiger partial charge in [0.2, 0.25) is 10.0 Å². The lowest BCUT2D eigenvalue weighted by Gasteiger charge is -2.21. The van der Waals surface area contributed by atoms with Crippen molar-refractivity contribution >= 4 is 10.0 Å². The number of rotatable bonds is 4. The van der Waals surface area contributed by atoms with Gasteiger partial charge < -0.3 is 4.57 Å². The van der Waals surface area contributed by atoms with Gasteiger partial charge in [0, 0.05) is 32.1 Å². The molecule has 0 atom stereocenters.